The van der Waals surface area contributed by atoms with E-state index < -0.39 is 0 Å². The van der Waals surface area contributed by atoms with Crippen LogP contribution in [-0.4, -0.2) is 23.9 Å². The molecule has 2 aromatic rings. The highest BCUT2D eigenvalue weighted by Crippen LogP contribution is 2.27. The van der Waals surface area contributed by atoms with Crippen molar-refractivity contribution in [2.75, 3.05) is 18.8 Å². The van der Waals surface area contributed by atoms with Crippen LogP contribution in [-0.2, 0) is 0 Å². The maximum absolute atomic E-state index is 12.6. The summed E-state index contributed by atoms with van der Waals surface area (Å²) in [7, 11) is 0. The molecule has 2 aromatic carbocycles. The predicted molar refractivity (Wildman–Crippen MR) is 85.2 cm³/mol. The van der Waals surface area contributed by atoms with Gasteiger partial charge in [0.25, 0.3) is 5.91 Å². The van der Waals surface area contributed by atoms with Gasteiger partial charge in [-0.1, -0.05) is 36.4 Å². The number of hydrogen-bond donors (Lipinski definition) is 1. The Labute approximate surface area is 125 Å². The van der Waals surface area contributed by atoms with Crippen LogP contribution in [0.25, 0.3) is 0 Å². The molecule has 0 saturated carbocycles. The number of nitrogen functional groups attached to an aromatic ring is 1. The van der Waals surface area contributed by atoms with Crippen LogP contribution in [0, 0.1) is 0 Å². The Morgan fingerprint density at radius 3 is 2.67 bits per heavy atom. The fourth-order valence-corrected chi connectivity index (χ4v) is 3.01. The topological polar surface area (TPSA) is 46.3 Å². The van der Waals surface area contributed by atoms with E-state index in [-0.39, 0.29) is 5.91 Å². The summed E-state index contributed by atoms with van der Waals surface area (Å²) in [5, 5.41) is 0. The largest absolute Gasteiger partial charge is 0.399 e. The van der Waals surface area contributed by atoms with Gasteiger partial charge in [0.05, 0.1) is 0 Å². The van der Waals surface area contributed by atoms with Crippen LogP contribution >= 0.6 is 0 Å². The molecule has 1 heterocycles. The lowest BCUT2D eigenvalue weighted by Crippen LogP contribution is -2.39. The molecule has 1 aliphatic rings. The molecule has 1 saturated heterocycles. The summed E-state index contributed by atoms with van der Waals surface area (Å²) >= 11 is 0. The van der Waals surface area contributed by atoms with Crippen molar-refractivity contribution >= 4 is 11.6 Å². The molecule has 3 heteroatoms. The number of benzene rings is 2. The third kappa shape index (κ3) is 3.07. The second kappa shape index (κ2) is 6.00. The van der Waals surface area contributed by atoms with Crippen molar-refractivity contribution in [3.8, 4) is 0 Å². The van der Waals surface area contributed by atoms with Gasteiger partial charge < -0.3 is 10.6 Å². The monoisotopic (exact) mass is 280 g/mol. The smallest absolute Gasteiger partial charge is 0.253 e. The van der Waals surface area contributed by atoms with E-state index in [4.69, 9.17) is 5.73 Å². The molecule has 0 unspecified atom stereocenters. The molecule has 0 spiro atoms. The number of likely N-dealkylation sites (tertiary alicyclic amines) is 1. The zero-order valence-corrected chi connectivity index (χ0v) is 12.0. The Bertz CT molecular complexity index is 624. The average Bonchev–Trinajstić information content (AvgIpc) is 2.55. The minimum absolute atomic E-state index is 0.0860. The van der Waals surface area contributed by atoms with Crippen LogP contribution in [0.4, 0.5) is 5.69 Å². The third-order valence-electron chi connectivity index (χ3n) is 4.11. The lowest BCUT2D eigenvalue weighted by atomic mass is 9.90. The fraction of sp³-hybridized carbons (Fsp3) is 0.278. The Morgan fingerprint density at radius 2 is 1.90 bits per heavy atom. The summed E-state index contributed by atoms with van der Waals surface area (Å²) in [5.74, 6) is 0.521. The zero-order chi connectivity index (χ0) is 14.7. The molecule has 1 amide bonds. The van der Waals surface area contributed by atoms with E-state index in [0.717, 1.165) is 25.9 Å². The summed E-state index contributed by atoms with van der Waals surface area (Å²) in [4.78, 5) is 14.6. The Morgan fingerprint density at radius 1 is 1.10 bits per heavy atom. The quantitative estimate of drug-likeness (QED) is 0.858. The summed E-state index contributed by atoms with van der Waals surface area (Å²) < 4.78 is 0. The Hall–Kier alpha value is -2.29. The highest BCUT2D eigenvalue weighted by atomic mass is 16.2. The number of rotatable bonds is 2. The normalized spacial score (nSPS) is 18.5. The van der Waals surface area contributed by atoms with Crippen LogP contribution in [0.2, 0.25) is 0 Å². The van der Waals surface area contributed by atoms with Gasteiger partial charge in [0.15, 0.2) is 0 Å². The fourth-order valence-electron chi connectivity index (χ4n) is 3.01. The molecule has 108 valence electrons. The first-order chi connectivity index (χ1) is 10.2. The highest BCUT2D eigenvalue weighted by molar-refractivity contribution is 5.95. The van der Waals surface area contributed by atoms with Crippen molar-refractivity contribution in [3.05, 3.63) is 65.7 Å². The summed E-state index contributed by atoms with van der Waals surface area (Å²) in [6.07, 6.45) is 2.19. The highest BCUT2D eigenvalue weighted by Gasteiger charge is 2.25. The van der Waals surface area contributed by atoms with Crippen LogP contribution in [0.1, 0.15) is 34.7 Å². The summed E-state index contributed by atoms with van der Waals surface area (Å²) in [5.41, 5.74) is 8.42. The Kier molecular flexibility index (Phi) is 3.91. The first-order valence-electron chi connectivity index (χ1n) is 7.44. The molecular weight excluding hydrogens is 260 g/mol. The van der Waals surface area contributed by atoms with E-state index in [1.165, 1.54) is 5.56 Å². The van der Waals surface area contributed by atoms with Gasteiger partial charge in [0.2, 0.25) is 0 Å². The van der Waals surface area contributed by atoms with Crippen molar-refractivity contribution in [1.29, 1.82) is 0 Å². The molecule has 1 fully saturated rings. The third-order valence-corrected chi connectivity index (χ3v) is 4.11. The number of amides is 1. The number of nitrogens with two attached hydrogens (primary N) is 1. The lowest BCUT2D eigenvalue weighted by Gasteiger charge is -2.33. The van der Waals surface area contributed by atoms with Gasteiger partial charge >= 0.3 is 0 Å². The van der Waals surface area contributed by atoms with Crippen LogP contribution in [0.15, 0.2) is 54.6 Å². The maximum atomic E-state index is 12.6. The van der Waals surface area contributed by atoms with Crippen molar-refractivity contribution in [1.82, 2.24) is 4.90 Å². The van der Waals surface area contributed by atoms with E-state index in [9.17, 15) is 4.79 Å². The van der Waals surface area contributed by atoms with Crippen molar-refractivity contribution in [2.24, 2.45) is 0 Å². The molecule has 1 aliphatic heterocycles. The molecule has 2 N–H and O–H groups in total. The van der Waals surface area contributed by atoms with Gasteiger partial charge in [-0.2, -0.15) is 0 Å². The van der Waals surface area contributed by atoms with Crippen molar-refractivity contribution in [3.63, 3.8) is 0 Å². The van der Waals surface area contributed by atoms with Gasteiger partial charge in [-0.25, -0.2) is 0 Å². The zero-order valence-electron chi connectivity index (χ0n) is 12.0. The molecule has 0 aromatic heterocycles. The van der Waals surface area contributed by atoms with Gasteiger partial charge in [-0.15, -0.1) is 0 Å². The van der Waals surface area contributed by atoms with E-state index in [1.807, 2.05) is 23.1 Å². The molecule has 0 aliphatic carbocycles. The summed E-state index contributed by atoms with van der Waals surface area (Å²) in [6, 6.07) is 17.7. The van der Waals surface area contributed by atoms with Gasteiger partial charge in [-0.05, 0) is 36.6 Å². The molecule has 0 bridgehead atoms. The summed E-state index contributed by atoms with van der Waals surface area (Å²) in [6.45, 7) is 1.62. The van der Waals surface area contributed by atoms with E-state index in [0.29, 0.717) is 17.2 Å². The predicted octanol–water partition coefficient (Wildman–Crippen LogP) is 3.29. The molecule has 21 heavy (non-hydrogen) atoms. The maximum Gasteiger partial charge on any atom is 0.253 e. The van der Waals surface area contributed by atoms with E-state index in [2.05, 4.69) is 24.3 Å². The number of nitrogens with zero attached hydrogens (tertiary/aromatic N) is 1. The standard InChI is InChI=1S/C18H20N2O/c19-17-10-4-8-15(12-17)18(21)20-11-5-9-16(13-20)14-6-2-1-3-7-14/h1-4,6-8,10,12,16H,5,9,11,13,19H2/t16-/m0/s1. The van der Waals surface area contributed by atoms with E-state index >= 15 is 0 Å². The molecule has 0 radical (unpaired) electrons. The first-order valence-corrected chi connectivity index (χ1v) is 7.44. The molecule has 1 atom stereocenters. The number of carbonyl (C=O) groups excluding carboxylic acids is 1. The van der Waals surface area contributed by atoms with Crippen LogP contribution in [0.3, 0.4) is 0 Å². The lowest BCUT2D eigenvalue weighted by molar-refractivity contribution is 0.0707. The number of anilines is 1. The van der Waals surface area contributed by atoms with E-state index in [1.54, 1.807) is 12.1 Å². The average molecular weight is 280 g/mol. The minimum atomic E-state index is 0.0860. The second-order valence-electron chi connectivity index (χ2n) is 5.63. The first kappa shape index (κ1) is 13.7. The molecule has 3 rings (SSSR count). The SMILES string of the molecule is Nc1cccc(C(=O)N2CCC[C@H](c3ccccc3)C2)c1. The number of hydrogen-bond acceptors (Lipinski definition) is 2. The van der Waals surface area contributed by atoms with Crippen molar-refractivity contribution < 1.29 is 4.79 Å². The van der Waals surface area contributed by atoms with Gasteiger partial charge in [0.1, 0.15) is 0 Å². The number of carbonyl (C=O) groups is 1. The van der Waals surface area contributed by atoms with Gasteiger partial charge in [0, 0.05) is 30.3 Å². The van der Waals surface area contributed by atoms with Crippen LogP contribution < -0.4 is 5.73 Å². The molecule has 3 nitrogen and oxygen atoms in total. The Balaban J connectivity index is 1.75. The molecular formula is C18H20N2O. The van der Waals surface area contributed by atoms with Crippen molar-refractivity contribution in [2.45, 2.75) is 18.8 Å². The van der Waals surface area contributed by atoms with Gasteiger partial charge in [-0.3, -0.25) is 4.79 Å². The van der Waals surface area contributed by atoms with Crippen LogP contribution in [0.5, 0.6) is 0 Å². The minimum Gasteiger partial charge on any atom is -0.399 e. The second-order valence-corrected chi connectivity index (χ2v) is 5.63. The number of piperidine rings is 1.